The van der Waals surface area contributed by atoms with Crippen LogP contribution in [-0.2, 0) is 6.61 Å². The van der Waals surface area contributed by atoms with Crippen molar-refractivity contribution in [2.75, 3.05) is 0 Å². The highest BCUT2D eigenvalue weighted by Crippen LogP contribution is 2.22. The molecule has 4 heteroatoms. The Kier molecular flexibility index (Phi) is 4.15. The van der Waals surface area contributed by atoms with E-state index in [1.54, 1.807) is 6.07 Å². The first-order valence-corrected chi connectivity index (χ1v) is 6.13. The van der Waals surface area contributed by atoms with Gasteiger partial charge in [-0.1, -0.05) is 30.3 Å². The van der Waals surface area contributed by atoms with Crippen molar-refractivity contribution in [1.29, 1.82) is 0 Å². The quantitative estimate of drug-likeness (QED) is 0.847. The number of carbonyl (C=O) groups excluding carboxylic acids is 1. The first-order chi connectivity index (χ1) is 9.58. The molecule has 4 nitrogen and oxygen atoms in total. The molecule has 0 radical (unpaired) electrons. The monoisotopic (exact) mass is 270 g/mol. The summed E-state index contributed by atoms with van der Waals surface area (Å²) in [6.45, 7) is 1.67. The van der Waals surface area contributed by atoms with Gasteiger partial charge in [0, 0.05) is 5.56 Å². The van der Waals surface area contributed by atoms with Crippen molar-refractivity contribution < 1.29 is 19.4 Å². The van der Waals surface area contributed by atoms with Crippen LogP contribution in [0.25, 0.3) is 0 Å². The number of ketones is 1. The van der Waals surface area contributed by atoms with Crippen molar-refractivity contribution in [3.05, 3.63) is 65.2 Å². The number of Topliss-reactive ketones (excluding diaryl/α,β-unsaturated/α-hetero) is 1. The lowest BCUT2D eigenvalue weighted by Crippen LogP contribution is -2.05. The van der Waals surface area contributed by atoms with Gasteiger partial charge in [0.25, 0.3) is 0 Å². The third-order valence-electron chi connectivity index (χ3n) is 2.85. The zero-order valence-corrected chi connectivity index (χ0v) is 11.0. The van der Waals surface area contributed by atoms with E-state index in [-0.39, 0.29) is 23.7 Å². The van der Waals surface area contributed by atoms with E-state index in [1.807, 2.05) is 30.3 Å². The summed E-state index contributed by atoms with van der Waals surface area (Å²) in [5, 5.41) is 9.18. The van der Waals surface area contributed by atoms with E-state index in [2.05, 4.69) is 0 Å². The Morgan fingerprint density at radius 2 is 1.80 bits per heavy atom. The van der Waals surface area contributed by atoms with Crippen LogP contribution in [0, 0.1) is 0 Å². The molecular weight excluding hydrogens is 256 g/mol. The number of carboxylic acids is 1. The van der Waals surface area contributed by atoms with E-state index in [0.29, 0.717) is 5.56 Å². The fraction of sp³-hybridized carbons (Fsp3) is 0.125. The highest BCUT2D eigenvalue weighted by molar-refractivity contribution is 5.98. The van der Waals surface area contributed by atoms with Gasteiger partial charge in [0.2, 0.25) is 0 Å². The molecule has 2 aromatic carbocycles. The SMILES string of the molecule is CC(=O)c1ccc(OCc2ccccc2)c(C(=O)O)c1. The Morgan fingerprint density at radius 3 is 2.40 bits per heavy atom. The molecule has 20 heavy (non-hydrogen) atoms. The molecule has 0 amide bonds. The van der Waals surface area contributed by atoms with Gasteiger partial charge in [-0.25, -0.2) is 4.79 Å². The molecule has 0 aromatic heterocycles. The maximum atomic E-state index is 11.3. The minimum atomic E-state index is -1.11. The van der Waals surface area contributed by atoms with Crippen molar-refractivity contribution in [3.8, 4) is 5.75 Å². The summed E-state index contributed by atoms with van der Waals surface area (Å²) in [5.41, 5.74) is 1.29. The van der Waals surface area contributed by atoms with E-state index >= 15 is 0 Å². The van der Waals surface area contributed by atoms with Crippen molar-refractivity contribution in [2.45, 2.75) is 13.5 Å². The summed E-state index contributed by atoms with van der Waals surface area (Å²) in [6.07, 6.45) is 0. The average Bonchev–Trinajstić information content (AvgIpc) is 2.45. The van der Waals surface area contributed by atoms with Gasteiger partial charge in [-0.05, 0) is 30.7 Å². The zero-order valence-electron chi connectivity index (χ0n) is 11.0. The van der Waals surface area contributed by atoms with Crippen molar-refractivity contribution >= 4 is 11.8 Å². The molecule has 0 bridgehead atoms. The second-order valence-electron chi connectivity index (χ2n) is 4.35. The van der Waals surface area contributed by atoms with E-state index in [9.17, 15) is 14.7 Å². The van der Waals surface area contributed by atoms with E-state index < -0.39 is 5.97 Å². The second kappa shape index (κ2) is 6.02. The van der Waals surface area contributed by atoms with Gasteiger partial charge in [-0.3, -0.25) is 4.79 Å². The molecule has 102 valence electrons. The average molecular weight is 270 g/mol. The molecule has 0 aliphatic rings. The fourth-order valence-corrected chi connectivity index (χ4v) is 1.78. The van der Waals surface area contributed by atoms with Crippen LogP contribution in [0.2, 0.25) is 0 Å². The zero-order chi connectivity index (χ0) is 14.5. The number of aromatic carboxylic acids is 1. The predicted molar refractivity (Wildman–Crippen MR) is 74.2 cm³/mol. The highest BCUT2D eigenvalue weighted by Gasteiger charge is 2.14. The van der Waals surface area contributed by atoms with Gasteiger partial charge < -0.3 is 9.84 Å². The molecular formula is C16H14O4. The summed E-state index contributed by atoms with van der Waals surface area (Å²) >= 11 is 0. The molecule has 0 saturated carbocycles. The summed E-state index contributed by atoms with van der Waals surface area (Å²) < 4.78 is 5.53. The Bertz CT molecular complexity index is 632. The van der Waals surface area contributed by atoms with Gasteiger partial charge in [-0.2, -0.15) is 0 Å². The molecule has 2 aromatic rings. The van der Waals surface area contributed by atoms with Crippen LogP contribution in [0.15, 0.2) is 48.5 Å². The first-order valence-electron chi connectivity index (χ1n) is 6.13. The number of hydrogen-bond donors (Lipinski definition) is 1. The van der Waals surface area contributed by atoms with Gasteiger partial charge in [0.15, 0.2) is 5.78 Å². The summed E-state index contributed by atoms with van der Waals surface area (Å²) in [7, 11) is 0. The Labute approximate surface area is 116 Å². The Hall–Kier alpha value is -2.62. The number of carbonyl (C=O) groups is 2. The molecule has 0 fully saturated rings. The number of hydrogen-bond acceptors (Lipinski definition) is 3. The smallest absolute Gasteiger partial charge is 0.339 e. The molecule has 0 saturated heterocycles. The van der Waals surface area contributed by atoms with E-state index in [4.69, 9.17) is 4.74 Å². The molecule has 0 heterocycles. The van der Waals surface area contributed by atoms with Gasteiger partial charge in [-0.15, -0.1) is 0 Å². The van der Waals surface area contributed by atoms with Crippen LogP contribution in [0.5, 0.6) is 5.75 Å². The number of ether oxygens (including phenoxy) is 1. The first kappa shape index (κ1) is 13.8. The molecule has 2 rings (SSSR count). The Balaban J connectivity index is 2.23. The van der Waals surface area contributed by atoms with Gasteiger partial charge in [0.1, 0.15) is 17.9 Å². The van der Waals surface area contributed by atoms with Gasteiger partial charge >= 0.3 is 5.97 Å². The summed E-state index contributed by atoms with van der Waals surface area (Å²) in [6, 6.07) is 13.9. The van der Waals surface area contributed by atoms with Crippen LogP contribution in [0.3, 0.4) is 0 Å². The van der Waals surface area contributed by atoms with Crippen LogP contribution in [-0.4, -0.2) is 16.9 Å². The van der Waals surface area contributed by atoms with Crippen molar-refractivity contribution in [3.63, 3.8) is 0 Å². The highest BCUT2D eigenvalue weighted by atomic mass is 16.5. The number of rotatable bonds is 5. The fourth-order valence-electron chi connectivity index (χ4n) is 1.78. The van der Waals surface area contributed by atoms with E-state index in [0.717, 1.165) is 5.56 Å². The van der Waals surface area contributed by atoms with Gasteiger partial charge in [0.05, 0.1) is 0 Å². The minimum Gasteiger partial charge on any atom is -0.488 e. The third-order valence-corrected chi connectivity index (χ3v) is 2.85. The normalized spacial score (nSPS) is 10.1. The number of benzene rings is 2. The molecule has 0 unspecified atom stereocenters. The second-order valence-corrected chi connectivity index (χ2v) is 4.35. The van der Waals surface area contributed by atoms with Crippen LogP contribution < -0.4 is 4.74 Å². The predicted octanol–water partition coefficient (Wildman–Crippen LogP) is 3.17. The Morgan fingerprint density at radius 1 is 1.10 bits per heavy atom. The topological polar surface area (TPSA) is 63.6 Å². The summed E-state index contributed by atoms with van der Waals surface area (Å²) in [5.74, 6) is -1.04. The van der Waals surface area contributed by atoms with E-state index in [1.165, 1.54) is 19.1 Å². The van der Waals surface area contributed by atoms with Crippen LogP contribution in [0.1, 0.15) is 33.2 Å². The van der Waals surface area contributed by atoms with Crippen molar-refractivity contribution in [2.24, 2.45) is 0 Å². The maximum Gasteiger partial charge on any atom is 0.339 e. The number of carboxylic acid groups (broad SMARTS) is 1. The summed E-state index contributed by atoms with van der Waals surface area (Å²) in [4.78, 5) is 22.5. The van der Waals surface area contributed by atoms with Crippen LogP contribution in [0.4, 0.5) is 0 Å². The lowest BCUT2D eigenvalue weighted by molar-refractivity contribution is 0.0691. The van der Waals surface area contributed by atoms with Crippen molar-refractivity contribution in [1.82, 2.24) is 0 Å². The standard InChI is InChI=1S/C16H14O4/c1-11(17)13-7-8-15(14(9-13)16(18)19)20-10-12-5-3-2-4-6-12/h2-9H,10H2,1H3,(H,18,19). The minimum absolute atomic E-state index is 0.00590. The molecule has 1 N–H and O–H groups in total. The lowest BCUT2D eigenvalue weighted by Gasteiger charge is -2.10. The molecule has 0 atom stereocenters. The third kappa shape index (κ3) is 3.23. The molecule has 0 aliphatic carbocycles. The largest absolute Gasteiger partial charge is 0.488 e. The molecule has 0 spiro atoms. The lowest BCUT2D eigenvalue weighted by atomic mass is 10.1. The maximum absolute atomic E-state index is 11.3. The van der Waals surface area contributed by atoms with Crippen LogP contribution >= 0.6 is 0 Å². The molecule has 0 aliphatic heterocycles.